The van der Waals surface area contributed by atoms with Gasteiger partial charge in [0.15, 0.2) is 0 Å². The molecule has 0 amide bonds. The van der Waals surface area contributed by atoms with E-state index >= 15 is 0 Å². The number of rotatable bonds is 6. The van der Waals surface area contributed by atoms with Gasteiger partial charge in [0.25, 0.3) is 0 Å². The van der Waals surface area contributed by atoms with Crippen molar-refractivity contribution in [1.82, 2.24) is 19.4 Å². The van der Waals surface area contributed by atoms with Crippen LogP contribution < -0.4 is 4.90 Å². The summed E-state index contributed by atoms with van der Waals surface area (Å²) in [4.78, 5) is 13.6. The Morgan fingerprint density at radius 3 is 2.96 bits per heavy atom. The van der Waals surface area contributed by atoms with E-state index in [0.717, 1.165) is 51.6 Å². The molecule has 3 heterocycles. The van der Waals surface area contributed by atoms with E-state index < -0.39 is 0 Å². The van der Waals surface area contributed by atoms with Crippen LogP contribution in [-0.2, 0) is 17.8 Å². The van der Waals surface area contributed by atoms with Crippen molar-refractivity contribution in [2.45, 2.75) is 26.4 Å². The van der Waals surface area contributed by atoms with E-state index in [1.54, 1.807) is 7.11 Å². The van der Waals surface area contributed by atoms with Crippen molar-refractivity contribution in [1.29, 1.82) is 0 Å². The number of imidazole rings is 1. The number of nitrogens with zero attached hydrogens (tertiary/aromatic N) is 5. The molecule has 1 aliphatic heterocycles. The predicted molar refractivity (Wildman–Crippen MR) is 95.2 cm³/mol. The van der Waals surface area contributed by atoms with Gasteiger partial charge < -0.3 is 14.2 Å². The van der Waals surface area contributed by atoms with Gasteiger partial charge in [-0.3, -0.25) is 9.88 Å². The van der Waals surface area contributed by atoms with E-state index in [1.807, 2.05) is 18.7 Å². The van der Waals surface area contributed by atoms with E-state index in [4.69, 9.17) is 4.74 Å². The number of aromatic nitrogens is 3. The van der Waals surface area contributed by atoms with Gasteiger partial charge in [0.1, 0.15) is 0 Å². The van der Waals surface area contributed by atoms with Gasteiger partial charge in [0, 0.05) is 70.2 Å². The van der Waals surface area contributed by atoms with Crippen molar-refractivity contribution in [3.8, 4) is 0 Å². The fraction of sp³-hybridized carbons (Fsp3) is 0.556. The minimum absolute atomic E-state index is 0.721. The number of methoxy groups -OCH3 is 1. The van der Waals surface area contributed by atoms with Crippen LogP contribution in [0.5, 0.6) is 0 Å². The first-order valence-electron chi connectivity index (χ1n) is 8.64. The van der Waals surface area contributed by atoms with Crippen LogP contribution in [0.3, 0.4) is 0 Å². The second-order valence-corrected chi connectivity index (χ2v) is 6.34. The lowest BCUT2D eigenvalue weighted by Gasteiger charge is -2.24. The number of aryl methyl sites for hydroxylation is 1. The minimum Gasteiger partial charge on any atom is -0.383 e. The van der Waals surface area contributed by atoms with Crippen LogP contribution >= 0.6 is 0 Å². The molecule has 3 rings (SSSR count). The molecule has 1 aliphatic rings. The molecular weight excluding hydrogens is 302 g/mol. The quantitative estimate of drug-likeness (QED) is 0.810. The Bertz CT molecular complexity index is 642. The summed E-state index contributed by atoms with van der Waals surface area (Å²) < 4.78 is 7.37. The van der Waals surface area contributed by atoms with Gasteiger partial charge in [-0.1, -0.05) is 0 Å². The second-order valence-electron chi connectivity index (χ2n) is 6.34. The van der Waals surface area contributed by atoms with Crippen molar-refractivity contribution >= 4 is 5.69 Å². The molecule has 0 bridgehead atoms. The molecule has 2 aromatic heterocycles. The maximum absolute atomic E-state index is 5.18. The molecule has 0 aliphatic carbocycles. The summed E-state index contributed by atoms with van der Waals surface area (Å²) in [6.07, 6.45) is 6.96. The van der Waals surface area contributed by atoms with E-state index in [9.17, 15) is 0 Å². The monoisotopic (exact) mass is 329 g/mol. The zero-order chi connectivity index (χ0) is 16.8. The van der Waals surface area contributed by atoms with Crippen molar-refractivity contribution in [3.63, 3.8) is 0 Å². The van der Waals surface area contributed by atoms with Gasteiger partial charge in [-0.15, -0.1) is 0 Å². The number of ether oxygens (including phenoxy) is 1. The summed E-state index contributed by atoms with van der Waals surface area (Å²) in [5.41, 5.74) is 3.63. The maximum Gasteiger partial charge on any atom is 0.0949 e. The molecule has 0 saturated carbocycles. The summed E-state index contributed by atoms with van der Waals surface area (Å²) in [6.45, 7) is 8.92. The van der Waals surface area contributed by atoms with E-state index in [2.05, 4.69) is 43.4 Å². The van der Waals surface area contributed by atoms with Crippen LogP contribution in [0.4, 0.5) is 5.69 Å². The molecule has 0 atom stereocenters. The molecular formula is C18H27N5O. The number of anilines is 1. The van der Waals surface area contributed by atoms with Crippen molar-refractivity contribution in [3.05, 3.63) is 42.2 Å². The highest BCUT2D eigenvalue weighted by Crippen LogP contribution is 2.17. The van der Waals surface area contributed by atoms with Crippen LogP contribution in [-0.4, -0.2) is 59.3 Å². The molecule has 130 valence electrons. The number of hydrogen-bond acceptors (Lipinski definition) is 5. The van der Waals surface area contributed by atoms with E-state index in [1.165, 1.54) is 17.8 Å². The lowest BCUT2D eigenvalue weighted by molar-refractivity contribution is 0.184. The lowest BCUT2D eigenvalue weighted by atomic mass is 10.3. The van der Waals surface area contributed by atoms with Gasteiger partial charge in [-0.05, 0) is 25.5 Å². The summed E-state index contributed by atoms with van der Waals surface area (Å²) in [5, 5.41) is 0. The van der Waals surface area contributed by atoms with Gasteiger partial charge in [-0.25, -0.2) is 4.98 Å². The topological polar surface area (TPSA) is 46.4 Å². The highest BCUT2D eigenvalue weighted by molar-refractivity contribution is 5.46. The summed E-state index contributed by atoms with van der Waals surface area (Å²) in [5.74, 6) is 0. The highest BCUT2D eigenvalue weighted by atomic mass is 16.5. The van der Waals surface area contributed by atoms with Crippen molar-refractivity contribution < 1.29 is 4.74 Å². The van der Waals surface area contributed by atoms with Gasteiger partial charge in [-0.2, -0.15) is 0 Å². The summed E-state index contributed by atoms with van der Waals surface area (Å²) in [6, 6.07) is 4.29. The van der Waals surface area contributed by atoms with Crippen LogP contribution in [0.15, 0.2) is 30.9 Å². The average molecular weight is 329 g/mol. The van der Waals surface area contributed by atoms with Crippen molar-refractivity contribution in [2.24, 2.45) is 0 Å². The Labute approximate surface area is 144 Å². The first-order valence-corrected chi connectivity index (χ1v) is 8.64. The summed E-state index contributed by atoms with van der Waals surface area (Å²) >= 11 is 0. The molecule has 1 saturated heterocycles. The smallest absolute Gasteiger partial charge is 0.0949 e. The molecule has 0 radical (unpaired) electrons. The van der Waals surface area contributed by atoms with Crippen LogP contribution in [0.25, 0.3) is 0 Å². The zero-order valence-corrected chi connectivity index (χ0v) is 14.7. The first-order chi connectivity index (χ1) is 11.8. The Balaban J connectivity index is 1.59. The third kappa shape index (κ3) is 4.33. The molecule has 6 heteroatoms. The summed E-state index contributed by atoms with van der Waals surface area (Å²) in [7, 11) is 1.74. The SMILES string of the molecule is COCCn1cncc1CN1CCCN(c2ccnc(C)c2)CC1. The van der Waals surface area contributed by atoms with Crippen molar-refractivity contribution in [2.75, 3.05) is 44.8 Å². The molecule has 6 nitrogen and oxygen atoms in total. The van der Waals surface area contributed by atoms with Gasteiger partial charge in [0.2, 0.25) is 0 Å². The Kier molecular flexibility index (Phi) is 5.82. The highest BCUT2D eigenvalue weighted by Gasteiger charge is 2.17. The third-order valence-corrected chi connectivity index (χ3v) is 4.55. The minimum atomic E-state index is 0.721. The third-order valence-electron chi connectivity index (χ3n) is 4.55. The Hall–Kier alpha value is -1.92. The van der Waals surface area contributed by atoms with Gasteiger partial charge >= 0.3 is 0 Å². The van der Waals surface area contributed by atoms with E-state index in [0.29, 0.717) is 0 Å². The Morgan fingerprint density at radius 2 is 2.12 bits per heavy atom. The molecule has 0 aromatic carbocycles. The molecule has 1 fully saturated rings. The number of pyridine rings is 1. The average Bonchev–Trinajstić information content (AvgIpc) is 2.88. The molecule has 0 N–H and O–H groups in total. The van der Waals surface area contributed by atoms with Crippen LogP contribution in [0.2, 0.25) is 0 Å². The largest absolute Gasteiger partial charge is 0.383 e. The van der Waals surface area contributed by atoms with Gasteiger partial charge in [0.05, 0.1) is 18.6 Å². The zero-order valence-electron chi connectivity index (χ0n) is 14.7. The lowest BCUT2D eigenvalue weighted by Crippen LogP contribution is -2.31. The predicted octanol–water partition coefficient (Wildman–Crippen LogP) is 1.95. The normalized spacial score (nSPS) is 16.3. The fourth-order valence-electron chi connectivity index (χ4n) is 3.21. The fourth-order valence-corrected chi connectivity index (χ4v) is 3.21. The van der Waals surface area contributed by atoms with Crippen LogP contribution in [0.1, 0.15) is 17.8 Å². The first kappa shape index (κ1) is 16.9. The Morgan fingerprint density at radius 1 is 1.21 bits per heavy atom. The molecule has 0 spiro atoms. The molecule has 2 aromatic rings. The van der Waals surface area contributed by atoms with Crippen LogP contribution in [0, 0.1) is 6.92 Å². The maximum atomic E-state index is 5.18. The molecule has 0 unspecified atom stereocenters. The standard InChI is InChI=1S/C18H27N5O/c1-16-12-17(4-5-20-16)22-7-3-6-21(8-9-22)14-18-13-19-15-23(18)10-11-24-2/h4-5,12-13,15H,3,6-11,14H2,1-2H3. The second kappa shape index (κ2) is 8.26. The molecule has 24 heavy (non-hydrogen) atoms. The van der Waals surface area contributed by atoms with E-state index in [-0.39, 0.29) is 0 Å². The number of hydrogen-bond donors (Lipinski definition) is 0.